The number of hydrogen-bond donors (Lipinski definition) is 2. The Kier molecular flexibility index (Phi) is 3.69. The average Bonchev–Trinajstić information content (AvgIpc) is 2.15. The maximum atomic E-state index is 11.8. The first-order valence-electron chi connectivity index (χ1n) is 5.22. The van der Waals surface area contributed by atoms with Crippen molar-refractivity contribution in [2.75, 3.05) is 13.1 Å². The SMILES string of the molecule is C=C(C)CNC(=O)C1(C)CCCCN1. The van der Waals surface area contributed by atoms with Gasteiger partial charge in [-0.05, 0) is 39.7 Å². The van der Waals surface area contributed by atoms with Crippen LogP contribution in [0.25, 0.3) is 0 Å². The maximum absolute atomic E-state index is 11.8. The Morgan fingerprint density at radius 1 is 1.57 bits per heavy atom. The molecule has 80 valence electrons. The van der Waals surface area contributed by atoms with Gasteiger partial charge < -0.3 is 10.6 Å². The molecule has 1 rings (SSSR count). The predicted octanol–water partition coefficient (Wildman–Crippen LogP) is 1.21. The zero-order chi connectivity index (χ0) is 10.6. The van der Waals surface area contributed by atoms with Gasteiger partial charge in [-0.1, -0.05) is 12.2 Å². The van der Waals surface area contributed by atoms with Crippen molar-refractivity contribution >= 4 is 5.91 Å². The molecule has 1 atom stereocenters. The van der Waals surface area contributed by atoms with Gasteiger partial charge >= 0.3 is 0 Å². The first kappa shape index (κ1) is 11.2. The van der Waals surface area contributed by atoms with Gasteiger partial charge in [0.05, 0.1) is 5.54 Å². The standard InChI is InChI=1S/C11H20N2O/c1-9(2)8-12-10(14)11(3)6-4-5-7-13-11/h13H,1,4-8H2,2-3H3,(H,12,14). The fourth-order valence-electron chi connectivity index (χ4n) is 1.68. The van der Waals surface area contributed by atoms with Crippen molar-refractivity contribution in [2.45, 2.75) is 38.6 Å². The molecule has 1 fully saturated rings. The number of carbonyl (C=O) groups excluding carboxylic acids is 1. The fraction of sp³-hybridized carbons (Fsp3) is 0.727. The molecule has 1 amide bonds. The molecular formula is C11H20N2O. The summed E-state index contributed by atoms with van der Waals surface area (Å²) in [6.07, 6.45) is 3.22. The van der Waals surface area contributed by atoms with E-state index in [0.29, 0.717) is 6.54 Å². The van der Waals surface area contributed by atoms with Crippen LogP contribution in [0.1, 0.15) is 33.1 Å². The molecule has 3 heteroatoms. The molecule has 1 unspecified atom stereocenters. The lowest BCUT2D eigenvalue weighted by atomic mass is 9.90. The Morgan fingerprint density at radius 3 is 2.79 bits per heavy atom. The minimum Gasteiger partial charge on any atom is -0.351 e. The van der Waals surface area contributed by atoms with Gasteiger partial charge in [0, 0.05) is 6.54 Å². The van der Waals surface area contributed by atoms with Crippen LogP contribution in [0.3, 0.4) is 0 Å². The second-order valence-electron chi connectivity index (χ2n) is 4.36. The smallest absolute Gasteiger partial charge is 0.240 e. The summed E-state index contributed by atoms with van der Waals surface area (Å²) in [5.74, 6) is 0.0974. The van der Waals surface area contributed by atoms with Crippen molar-refractivity contribution in [3.63, 3.8) is 0 Å². The Balaban J connectivity index is 2.45. The molecular weight excluding hydrogens is 176 g/mol. The van der Waals surface area contributed by atoms with Gasteiger partial charge in [0.15, 0.2) is 0 Å². The third-order valence-corrected chi connectivity index (χ3v) is 2.67. The van der Waals surface area contributed by atoms with Crippen molar-refractivity contribution in [2.24, 2.45) is 0 Å². The minimum absolute atomic E-state index is 0.0974. The first-order valence-corrected chi connectivity index (χ1v) is 5.22. The van der Waals surface area contributed by atoms with Crippen molar-refractivity contribution in [3.05, 3.63) is 12.2 Å². The van der Waals surface area contributed by atoms with E-state index in [2.05, 4.69) is 17.2 Å². The van der Waals surface area contributed by atoms with Gasteiger partial charge in [0.25, 0.3) is 0 Å². The third-order valence-electron chi connectivity index (χ3n) is 2.67. The van der Waals surface area contributed by atoms with Crippen LogP contribution in [-0.4, -0.2) is 24.5 Å². The van der Waals surface area contributed by atoms with Gasteiger partial charge in [-0.3, -0.25) is 4.79 Å². The first-order chi connectivity index (χ1) is 6.54. The summed E-state index contributed by atoms with van der Waals surface area (Å²) < 4.78 is 0. The van der Waals surface area contributed by atoms with E-state index in [1.54, 1.807) is 0 Å². The lowest BCUT2D eigenvalue weighted by molar-refractivity contribution is -0.127. The monoisotopic (exact) mass is 196 g/mol. The molecule has 0 aromatic carbocycles. The van der Waals surface area contributed by atoms with Crippen LogP contribution in [0.15, 0.2) is 12.2 Å². The molecule has 1 aliphatic rings. The predicted molar refractivity (Wildman–Crippen MR) is 58.1 cm³/mol. The van der Waals surface area contributed by atoms with Crippen molar-refractivity contribution < 1.29 is 4.79 Å². The molecule has 14 heavy (non-hydrogen) atoms. The normalized spacial score (nSPS) is 27.0. The number of amides is 1. The van der Waals surface area contributed by atoms with E-state index in [-0.39, 0.29) is 11.4 Å². The number of hydrogen-bond acceptors (Lipinski definition) is 2. The zero-order valence-corrected chi connectivity index (χ0v) is 9.15. The highest BCUT2D eigenvalue weighted by Gasteiger charge is 2.33. The van der Waals surface area contributed by atoms with Crippen LogP contribution in [-0.2, 0) is 4.79 Å². The average molecular weight is 196 g/mol. The summed E-state index contributed by atoms with van der Waals surface area (Å²) in [6, 6.07) is 0. The van der Waals surface area contributed by atoms with Crippen molar-refractivity contribution in [1.29, 1.82) is 0 Å². The Hall–Kier alpha value is -0.830. The summed E-state index contributed by atoms with van der Waals surface area (Å²) in [5, 5.41) is 6.17. The molecule has 2 N–H and O–H groups in total. The third kappa shape index (κ3) is 2.84. The van der Waals surface area contributed by atoms with Gasteiger partial charge in [0.2, 0.25) is 5.91 Å². The molecule has 1 saturated heterocycles. The van der Waals surface area contributed by atoms with E-state index in [9.17, 15) is 4.79 Å². The van der Waals surface area contributed by atoms with E-state index in [0.717, 1.165) is 25.0 Å². The van der Waals surface area contributed by atoms with Gasteiger partial charge in [-0.15, -0.1) is 0 Å². The second-order valence-corrected chi connectivity index (χ2v) is 4.36. The van der Waals surface area contributed by atoms with Crippen LogP contribution in [0.2, 0.25) is 0 Å². The number of piperidine rings is 1. The Labute approximate surface area is 86.0 Å². The van der Waals surface area contributed by atoms with Crippen LogP contribution in [0, 0.1) is 0 Å². The number of carbonyl (C=O) groups is 1. The Morgan fingerprint density at radius 2 is 2.29 bits per heavy atom. The van der Waals surface area contributed by atoms with Crippen LogP contribution in [0.4, 0.5) is 0 Å². The largest absolute Gasteiger partial charge is 0.351 e. The Bertz CT molecular complexity index is 229. The van der Waals surface area contributed by atoms with E-state index in [1.165, 1.54) is 6.42 Å². The van der Waals surface area contributed by atoms with Gasteiger partial charge in [0.1, 0.15) is 0 Å². The molecule has 1 heterocycles. The van der Waals surface area contributed by atoms with E-state index in [4.69, 9.17) is 0 Å². The van der Waals surface area contributed by atoms with Crippen LogP contribution in [0.5, 0.6) is 0 Å². The quantitative estimate of drug-likeness (QED) is 0.666. The van der Waals surface area contributed by atoms with E-state index in [1.807, 2.05) is 13.8 Å². The number of rotatable bonds is 3. The highest BCUT2D eigenvalue weighted by atomic mass is 16.2. The minimum atomic E-state index is -0.367. The maximum Gasteiger partial charge on any atom is 0.240 e. The molecule has 0 aliphatic carbocycles. The zero-order valence-electron chi connectivity index (χ0n) is 9.15. The molecule has 0 aromatic rings. The van der Waals surface area contributed by atoms with Crippen molar-refractivity contribution in [1.82, 2.24) is 10.6 Å². The second kappa shape index (κ2) is 4.60. The van der Waals surface area contributed by atoms with Crippen LogP contribution >= 0.6 is 0 Å². The highest BCUT2D eigenvalue weighted by molar-refractivity contribution is 5.86. The van der Waals surface area contributed by atoms with E-state index >= 15 is 0 Å². The molecule has 0 bridgehead atoms. The fourth-order valence-corrected chi connectivity index (χ4v) is 1.68. The highest BCUT2D eigenvalue weighted by Crippen LogP contribution is 2.18. The molecule has 0 aromatic heterocycles. The van der Waals surface area contributed by atoms with Crippen molar-refractivity contribution in [3.8, 4) is 0 Å². The molecule has 0 saturated carbocycles. The molecule has 0 radical (unpaired) electrons. The lowest BCUT2D eigenvalue weighted by Crippen LogP contribution is -2.57. The topological polar surface area (TPSA) is 41.1 Å². The lowest BCUT2D eigenvalue weighted by Gasteiger charge is -2.33. The molecule has 0 spiro atoms. The molecule has 1 aliphatic heterocycles. The summed E-state index contributed by atoms with van der Waals surface area (Å²) in [6.45, 7) is 9.17. The summed E-state index contributed by atoms with van der Waals surface area (Å²) in [5.41, 5.74) is 0.617. The molecule has 3 nitrogen and oxygen atoms in total. The summed E-state index contributed by atoms with van der Waals surface area (Å²) in [4.78, 5) is 11.8. The van der Waals surface area contributed by atoms with Crippen LogP contribution < -0.4 is 10.6 Å². The summed E-state index contributed by atoms with van der Waals surface area (Å²) >= 11 is 0. The van der Waals surface area contributed by atoms with Gasteiger partial charge in [-0.25, -0.2) is 0 Å². The number of nitrogens with one attached hydrogen (secondary N) is 2. The van der Waals surface area contributed by atoms with E-state index < -0.39 is 0 Å². The summed E-state index contributed by atoms with van der Waals surface area (Å²) in [7, 11) is 0. The van der Waals surface area contributed by atoms with Gasteiger partial charge in [-0.2, -0.15) is 0 Å².